The van der Waals surface area contributed by atoms with Crippen molar-refractivity contribution in [1.82, 2.24) is 4.98 Å². The number of anilines is 2. The summed E-state index contributed by atoms with van der Waals surface area (Å²) in [6.07, 6.45) is 1.57. The second kappa shape index (κ2) is 6.58. The van der Waals surface area contributed by atoms with Crippen LogP contribution in [0, 0.1) is 11.3 Å². The molecular weight excluding hydrogens is 312 g/mol. The van der Waals surface area contributed by atoms with Crippen LogP contribution >= 0.6 is 11.3 Å². The predicted molar refractivity (Wildman–Crippen MR) is 87.2 cm³/mol. The third-order valence-corrected chi connectivity index (χ3v) is 4.40. The van der Waals surface area contributed by atoms with E-state index in [2.05, 4.69) is 10.3 Å². The van der Waals surface area contributed by atoms with Gasteiger partial charge in [-0.2, -0.15) is 5.26 Å². The van der Waals surface area contributed by atoms with E-state index >= 15 is 0 Å². The zero-order valence-corrected chi connectivity index (χ0v) is 13.1. The molecule has 2 heterocycles. The second-order valence-corrected chi connectivity index (χ2v) is 6.02. The monoisotopic (exact) mass is 326 g/mol. The van der Waals surface area contributed by atoms with Crippen molar-refractivity contribution in [3.63, 3.8) is 0 Å². The summed E-state index contributed by atoms with van der Waals surface area (Å²) in [4.78, 5) is 29.8. The van der Waals surface area contributed by atoms with E-state index in [1.54, 1.807) is 34.5 Å². The van der Waals surface area contributed by atoms with Crippen molar-refractivity contribution >= 4 is 34.0 Å². The average molecular weight is 326 g/mol. The van der Waals surface area contributed by atoms with Gasteiger partial charge in [-0.3, -0.25) is 14.5 Å². The van der Waals surface area contributed by atoms with Gasteiger partial charge in [0.2, 0.25) is 11.8 Å². The Labute approximate surface area is 137 Å². The minimum atomic E-state index is -0.181. The minimum Gasteiger partial charge on any atom is -0.326 e. The lowest BCUT2D eigenvalue weighted by atomic mass is 10.2. The molecule has 23 heavy (non-hydrogen) atoms. The van der Waals surface area contributed by atoms with Gasteiger partial charge in [0.05, 0.1) is 23.7 Å². The number of thiazole rings is 1. The fraction of sp³-hybridized carbons (Fsp3) is 0.250. The Balaban J connectivity index is 1.60. The van der Waals surface area contributed by atoms with Crippen LogP contribution in [-0.4, -0.2) is 23.3 Å². The van der Waals surface area contributed by atoms with Crippen LogP contribution in [0.15, 0.2) is 29.6 Å². The predicted octanol–water partition coefficient (Wildman–Crippen LogP) is 2.32. The number of hydrogen-bond donors (Lipinski definition) is 1. The molecule has 0 spiro atoms. The van der Waals surface area contributed by atoms with Crippen LogP contribution in [0.2, 0.25) is 0 Å². The number of nitrogens with one attached hydrogen (secondary N) is 1. The summed E-state index contributed by atoms with van der Waals surface area (Å²) < 4.78 is 0. The lowest BCUT2D eigenvalue weighted by Crippen LogP contribution is -2.23. The summed E-state index contributed by atoms with van der Waals surface area (Å²) in [6, 6.07) is 8.70. The second-order valence-electron chi connectivity index (χ2n) is 5.18. The molecule has 1 N–H and O–H groups in total. The van der Waals surface area contributed by atoms with Crippen molar-refractivity contribution in [2.45, 2.75) is 19.3 Å². The highest BCUT2D eigenvalue weighted by Crippen LogP contribution is 2.25. The smallest absolute Gasteiger partial charge is 0.230 e. The van der Waals surface area contributed by atoms with Gasteiger partial charge < -0.3 is 5.32 Å². The van der Waals surface area contributed by atoms with Crippen molar-refractivity contribution in [1.29, 1.82) is 5.26 Å². The maximum absolute atomic E-state index is 12.0. The van der Waals surface area contributed by atoms with Gasteiger partial charge in [-0.1, -0.05) is 0 Å². The van der Waals surface area contributed by atoms with Crippen molar-refractivity contribution in [2.24, 2.45) is 0 Å². The zero-order chi connectivity index (χ0) is 16.2. The topological polar surface area (TPSA) is 86.1 Å². The molecule has 1 fully saturated rings. The molecule has 1 aromatic heterocycles. The minimum absolute atomic E-state index is 0.0907. The van der Waals surface area contributed by atoms with Gasteiger partial charge in [-0.25, -0.2) is 4.98 Å². The largest absolute Gasteiger partial charge is 0.326 e. The highest BCUT2D eigenvalue weighted by molar-refractivity contribution is 7.14. The molecule has 1 aliphatic rings. The van der Waals surface area contributed by atoms with Crippen LogP contribution in [0.4, 0.5) is 10.8 Å². The van der Waals surface area contributed by atoms with Crippen molar-refractivity contribution in [3.8, 4) is 6.07 Å². The summed E-state index contributed by atoms with van der Waals surface area (Å²) >= 11 is 1.38. The number of nitrogens with zero attached hydrogens (tertiary/aromatic N) is 3. The molecule has 0 saturated carbocycles. The number of carbonyl (C=O) groups is 2. The Hall–Kier alpha value is -2.72. The lowest BCUT2D eigenvalue weighted by Gasteiger charge is -2.10. The van der Waals surface area contributed by atoms with E-state index in [9.17, 15) is 9.59 Å². The number of nitriles is 1. The molecule has 0 bridgehead atoms. The summed E-state index contributed by atoms with van der Waals surface area (Å²) in [6.45, 7) is 0.698. The first-order valence-corrected chi connectivity index (χ1v) is 8.08. The molecule has 2 amide bonds. The van der Waals surface area contributed by atoms with Crippen LogP contribution in [0.3, 0.4) is 0 Å². The third-order valence-electron chi connectivity index (χ3n) is 3.48. The van der Waals surface area contributed by atoms with Crippen molar-refractivity contribution < 1.29 is 9.59 Å². The van der Waals surface area contributed by atoms with Gasteiger partial charge in [0.25, 0.3) is 0 Å². The summed E-state index contributed by atoms with van der Waals surface area (Å²) in [5.74, 6) is -0.0905. The van der Waals surface area contributed by atoms with Gasteiger partial charge in [0, 0.05) is 24.0 Å². The van der Waals surface area contributed by atoms with Gasteiger partial charge in [0.1, 0.15) is 0 Å². The van der Waals surface area contributed by atoms with Gasteiger partial charge >= 0.3 is 0 Å². The van der Waals surface area contributed by atoms with Crippen molar-refractivity contribution in [3.05, 3.63) is 40.9 Å². The van der Waals surface area contributed by atoms with E-state index in [0.717, 1.165) is 6.42 Å². The molecule has 3 rings (SSSR count). The molecule has 0 aliphatic carbocycles. The quantitative estimate of drug-likeness (QED) is 0.934. The van der Waals surface area contributed by atoms with Crippen molar-refractivity contribution in [2.75, 3.05) is 16.8 Å². The van der Waals surface area contributed by atoms with E-state index in [0.29, 0.717) is 35.0 Å². The van der Waals surface area contributed by atoms with E-state index in [1.165, 1.54) is 11.3 Å². The Morgan fingerprint density at radius 3 is 2.83 bits per heavy atom. The first-order valence-electron chi connectivity index (χ1n) is 7.20. The zero-order valence-electron chi connectivity index (χ0n) is 12.3. The number of amides is 2. The molecule has 0 unspecified atom stereocenters. The Bertz CT molecular complexity index is 776. The standard InChI is InChI=1S/C16H14N4O2S/c17-9-11-3-5-12(6-4-11)18-14(21)8-13-10-23-16(19-13)20-7-1-2-15(20)22/h3-6,10H,1-2,7-8H2,(H,18,21). The first kappa shape index (κ1) is 15.2. The number of rotatable bonds is 4. The SMILES string of the molecule is N#Cc1ccc(NC(=O)Cc2csc(N3CCCC3=O)n2)cc1. The highest BCUT2D eigenvalue weighted by atomic mass is 32.1. The normalized spacial score (nSPS) is 13.9. The molecular formula is C16H14N4O2S. The van der Waals surface area contributed by atoms with Crippen LogP contribution in [0.5, 0.6) is 0 Å². The lowest BCUT2D eigenvalue weighted by molar-refractivity contribution is -0.117. The molecule has 6 nitrogen and oxygen atoms in total. The van der Waals surface area contributed by atoms with E-state index in [-0.39, 0.29) is 18.2 Å². The molecule has 116 valence electrons. The molecule has 1 saturated heterocycles. The van der Waals surface area contributed by atoms with Crippen LogP contribution < -0.4 is 10.2 Å². The highest BCUT2D eigenvalue weighted by Gasteiger charge is 2.24. The average Bonchev–Trinajstić information content (AvgIpc) is 3.16. The molecule has 0 radical (unpaired) electrons. The summed E-state index contributed by atoms with van der Waals surface area (Å²) in [5, 5.41) is 14.0. The Morgan fingerprint density at radius 2 is 2.17 bits per heavy atom. The number of aromatic nitrogens is 1. The maximum Gasteiger partial charge on any atom is 0.230 e. The van der Waals surface area contributed by atoms with E-state index < -0.39 is 0 Å². The third kappa shape index (κ3) is 3.55. The van der Waals surface area contributed by atoms with Crippen LogP contribution in [0.1, 0.15) is 24.1 Å². The maximum atomic E-state index is 12.0. The Morgan fingerprint density at radius 1 is 1.39 bits per heavy atom. The molecule has 7 heteroatoms. The number of carbonyl (C=O) groups excluding carboxylic acids is 2. The fourth-order valence-corrected chi connectivity index (χ4v) is 3.22. The molecule has 1 aliphatic heterocycles. The van der Waals surface area contributed by atoms with Crippen LogP contribution in [-0.2, 0) is 16.0 Å². The summed E-state index contributed by atoms with van der Waals surface area (Å²) in [7, 11) is 0. The number of benzene rings is 1. The Kier molecular flexibility index (Phi) is 4.35. The first-order chi connectivity index (χ1) is 11.2. The fourth-order valence-electron chi connectivity index (χ4n) is 2.35. The number of hydrogen-bond acceptors (Lipinski definition) is 5. The summed E-state index contributed by atoms with van der Waals surface area (Å²) in [5.41, 5.74) is 1.83. The van der Waals surface area contributed by atoms with Gasteiger partial charge in [0.15, 0.2) is 5.13 Å². The van der Waals surface area contributed by atoms with E-state index in [4.69, 9.17) is 5.26 Å². The molecule has 2 aromatic rings. The van der Waals surface area contributed by atoms with Gasteiger partial charge in [-0.05, 0) is 30.7 Å². The molecule has 1 aromatic carbocycles. The van der Waals surface area contributed by atoms with Crippen LogP contribution in [0.25, 0.3) is 0 Å². The van der Waals surface area contributed by atoms with E-state index in [1.807, 2.05) is 6.07 Å². The van der Waals surface area contributed by atoms with Gasteiger partial charge in [-0.15, -0.1) is 11.3 Å². The molecule has 0 atom stereocenters.